The summed E-state index contributed by atoms with van der Waals surface area (Å²) in [5.74, 6) is -1.65. The SMILES string of the molecule is O=C1CCC(N2C(=O)c3cccc(NCCCCCCCC(=O)NCCc4cccc(N5C[C@H]6C[C@@H]5CN6/C=C/C(=O)c5ccccc5O)c4)c3C2=O)C(=O)C1. The van der Waals surface area contributed by atoms with Crippen LogP contribution in [0.25, 0.3) is 0 Å². The third kappa shape index (κ3) is 8.54. The van der Waals surface area contributed by atoms with Crippen molar-refractivity contribution in [3.05, 3.63) is 101 Å². The molecule has 292 valence electrons. The number of phenols is 1. The van der Waals surface area contributed by atoms with Crippen molar-refractivity contribution in [3.63, 3.8) is 0 Å². The van der Waals surface area contributed by atoms with E-state index in [1.165, 1.54) is 17.3 Å². The van der Waals surface area contributed by atoms with Gasteiger partial charge in [0.2, 0.25) is 5.91 Å². The van der Waals surface area contributed by atoms with Gasteiger partial charge in [0.25, 0.3) is 11.8 Å². The molecule has 3 amide bonds. The van der Waals surface area contributed by atoms with Gasteiger partial charge in [0.15, 0.2) is 11.6 Å². The van der Waals surface area contributed by atoms with Gasteiger partial charge < -0.3 is 25.5 Å². The number of hydrogen-bond acceptors (Lipinski definition) is 10. The van der Waals surface area contributed by atoms with Crippen LogP contribution < -0.4 is 15.5 Å². The highest BCUT2D eigenvalue weighted by Gasteiger charge is 2.45. The number of ketones is 3. The van der Waals surface area contributed by atoms with Crippen molar-refractivity contribution in [2.75, 3.05) is 36.4 Å². The minimum absolute atomic E-state index is 0.00818. The Balaban J connectivity index is 0.763. The van der Waals surface area contributed by atoms with E-state index in [0.717, 1.165) is 62.9 Å². The number of hydrogen-bond donors (Lipinski definition) is 3. The molecule has 3 aromatic carbocycles. The van der Waals surface area contributed by atoms with E-state index in [0.29, 0.717) is 48.4 Å². The fraction of sp³-hybridized carbons (Fsp3) is 0.409. The molecule has 3 aliphatic heterocycles. The van der Waals surface area contributed by atoms with E-state index in [9.17, 15) is 33.9 Å². The lowest BCUT2D eigenvalue weighted by atomic mass is 9.92. The third-order valence-electron chi connectivity index (χ3n) is 11.4. The number of carbonyl (C=O) groups excluding carboxylic acids is 6. The number of rotatable bonds is 17. The standard InChI is InChI=1S/C44H49N5O7/c50-33-17-18-37(40(53)26-33)49-43(55)35-13-9-14-36(42(35)44(49)56)45-21-7-3-1-2-4-16-41(54)46-22-19-29-10-8-11-30(24-29)48-28-31-25-32(48)27-47(31)23-20-39(52)34-12-5-6-15-38(34)51/h5-6,8-15,20,23-24,31-32,37,45,51H,1-4,7,16-19,21-22,25-28H2,(H,46,54)/b23-20+/t31-,32-,37?/m1/s1. The van der Waals surface area contributed by atoms with Crippen molar-refractivity contribution in [2.24, 2.45) is 0 Å². The zero-order valence-electron chi connectivity index (χ0n) is 31.6. The molecule has 0 radical (unpaired) electrons. The average molecular weight is 760 g/mol. The molecule has 12 heteroatoms. The van der Waals surface area contributed by atoms with Crippen molar-refractivity contribution < 1.29 is 33.9 Å². The summed E-state index contributed by atoms with van der Waals surface area (Å²) in [6.45, 7) is 2.91. The van der Waals surface area contributed by atoms with Crippen LogP contribution in [0.4, 0.5) is 11.4 Å². The largest absolute Gasteiger partial charge is 0.507 e. The van der Waals surface area contributed by atoms with Gasteiger partial charge in [-0.2, -0.15) is 0 Å². The maximum Gasteiger partial charge on any atom is 0.264 e. The predicted octanol–water partition coefficient (Wildman–Crippen LogP) is 5.45. The number of para-hydroxylation sites is 1. The maximum absolute atomic E-state index is 13.3. The number of anilines is 2. The molecule has 12 nitrogen and oxygen atoms in total. The Kier molecular flexibility index (Phi) is 11.9. The molecule has 1 unspecified atom stereocenters. The molecule has 1 aliphatic carbocycles. The summed E-state index contributed by atoms with van der Waals surface area (Å²) in [4.78, 5) is 81.4. The molecule has 2 saturated heterocycles. The Morgan fingerprint density at radius 3 is 2.45 bits per heavy atom. The monoisotopic (exact) mass is 759 g/mol. The molecule has 3 N–H and O–H groups in total. The van der Waals surface area contributed by atoms with Crippen LogP contribution in [-0.2, 0) is 20.8 Å². The Labute approximate surface area is 326 Å². The zero-order valence-corrected chi connectivity index (χ0v) is 31.6. The number of allylic oxidation sites excluding steroid dienone is 1. The highest BCUT2D eigenvalue weighted by atomic mass is 16.3. The molecule has 3 fully saturated rings. The second-order valence-electron chi connectivity index (χ2n) is 15.2. The number of Topliss-reactive ketones (excluding diaryl/α,β-unsaturated/α-hetero) is 2. The quantitative estimate of drug-likeness (QED) is 0.0532. The van der Waals surface area contributed by atoms with Crippen LogP contribution in [-0.4, -0.2) is 94.3 Å². The van der Waals surface area contributed by atoms with Crippen LogP contribution in [0.1, 0.15) is 101 Å². The summed E-state index contributed by atoms with van der Waals surface area (Å²) in [6, 6.07) is 20.0. The van der Waals surface area contributed by atoms with E-state index in [1.807, 2.05) is 6.20 Å². The van der Waals surface area contributed by atoms with Gasteiger partial charge in [0.1, 0.15) is 11.5 Å². The number of imide groups is 1. The lowest BCUT2D eigenvalue weighted by Gasteiger charge is -2.35. The Hall–Kier alpha value is -5.78. The van der Waals surface area contributed by atoms with Crippen molar-refractivity contribution in [3.8, 4) is 5.75 Å². The van der Waals surface area contributed by atoms with Crippen LogP contribution in [0.2, 0.25) is 0 Å². The smallest absolute Gasteiger partial charge is 0.264 e. The van der Waals surface area contributed by atoms with Gasteiger partial charge in [-0.05, 0) is 74.1 Å². The van der Waals surface area contributed by atoms with E-state index in [2.05, 4.69) is 44.7 Å². The topological polar surface area (TPSA) is 156 Å². The first-order valence-electron chi connectivity index (χ1n) is 19.9. The molecule has 3 aromatic rings. The van der Waals surface area contributed by atoms with E-state index in [4.69, 9.17) is 0 Å². The van der Waals surface area contributed by atoms with Crippen molar-refractivity contribution >= 4 is 46.4 Å². The highest BCUT2D eigenvalue weighted by molar-refractivity contribution is 6.25. The first kappa shape index (κ1) is 38.5. The molecule has 2 bridgehead atoms. The summed E-state index contributed by atoms with van der Waals surface area (Å²) < 4.78 is 0. The van der Waals surface area contributed by atoms with Gasteiger partial charge in [-0.1, -0.05) is 49.6 Å². The van der Waals surface area contributed by atoms with Gasteiger partial charge >= 0.3 is 0 Å². The summed E-state index contributed by atoms with van der Waals surface area (Å²) in [5, 5.41) is 16.4. The number of piperazine rings is 1. The Morgan fingerprint density at radius 1 is 0.839 bits per heavy atom. The van der Waals surface area contributed by atoms with Gasteiger partial charge in [-0.15, -0.1) is 0 Å². The van der Waals surface area contributed by atoms with Crippen molar-refractivity contribution in [2.45, 2.75) is 88.8 Å². The summed E-state index contributed by atoms with van der Waals surface area (Å²) in [5.41, 5.74) is 3.81. The fourth-order valence-corrected chi connectivity index (χ4v) is 8.49. The number of carbonyl (C=O) groups is 6. The van der Waals surface area contributed by atoms with Gasteiger partial charge in [-0.3, -0.25) is 33.7 Å². The second kappa shape index (κ2) is 17.3. The van der Waals surface area contributed by atoms with Crippen molar-refractivity contribution in [1.82, 2.24) is 15.1 Å². The van der Waals surface area contributed by atoms with Crippen molar-refractivity contribution in [1.29, 1.82) is 0 Å². The summed E-state index contributed by atoms with van der Waals surface area (Å²) in [7, 11) is 0. The lowest BCUT2D eigenvalue weighted by molar-refractivity contribution is -0.132. The van der Waals surface area contributed by atoms with E-state index >= 15 is 0 Å². The number of phenolic OH excluding ortho intramolecular Hbond substituents is 1. The summed E-state index contributed by atoms with van der Waals surface area (Å²) in [6.07, 6.45) is 10.4. The Morgan fingerprint density at radius 2 is 1.64 bits per heavy atom. The fourth-order valence-electron chi connectivity index (χ4n) is 8.49. The zero-order chi connectivity index (χ0) is 39.2. The molecule has 0 spiro atoms. The number of fused-ring (bicyclic) bond motifs is 3. The Bertz CT molecular complexity index is 2040. The van der Waals surface area contributed by atoms with Crippen LogP contribution in [0.15, 0.2) is 79.0 Å². The molecular formula is C44H49N5O7. The number of nitrogens with zero attached hydrogens (tertiary/aromatic N) is 3. The minimum Gasteiger partial charge on any atom is -0.507 e. The number of likely N-dealkylation sites (tertiary alicyclic amines) is 1. The van der Waals surface area contributed by atoms with E-state index < -0.39 is 17.9 Å². The first-order chi connectivity index (χ1) is 27.2. The molecule has 3 heterocycles. The first-order valence-corrected chi connectivity index (χ1v) is 19.9. The maximum atomic E-state index is 13.3. The molecule has 56 heavy (non-hydrogen) atoms. The lowest BCUT2D eigenvalue weighted by Crippen LogP contribution is -2.47. The minimum atomic E-state index is -0.884. The molecule has 3 atom stereocenters. The molecule has 1 saturated carbocycles. The van der Waals surface area contributed by atoms with Crippen LogP contribution in [0.3, 0.4) is 0 Å². The van der Waals surface area contributed by atoms with Crippen LogP contribution in [0, 0.1) is 0 Å². The normalized spacial score (nSPS) is 20.4. The summed E-state index contributed by atoms with van der Waals surface area (Å²) >= 11 is 0. The predicted molar refractivity (Wildman–Crippen MR) is 212 cm³/mol. The van der Waals surface area contributed by atoms with Crippen LogP contribution in [0.5, 0.6) is 5.75 Å². The van der Waals surface area contributed by atoms with Gasteiger partial charge in [-0.25, -0.2) is 0 Å². The molecule has 7 rings (SSSR count). The van der Waals surface area contributed by atoms with Gasteiger partial charge in [0.05, 0.1) is 29.2 Å². The number of unbranched alkanes of at least 4 members (excludes halogenated alkanes) is 4. The second-order valence-corrected chi connectivity index (χ2v) is 15.2. The number of benzene rings is 3. The third-order valence-corrected chi connectivity index (χ3v) is 11.4. The molecule has 4 aliphatic rings. The molecule has 0 aromatic heterocycles. The number of amides is 3. The average Bonchev–Trinajstić information content (AvgIpc) is 3.87. The van der Waals surface area contributed by atoms with Gasteiger partial charge in [0, 0.05) is 74.8 Å². The number of aromatic hydroxyl groups is 1. The molecular weight excluding hydrogens is 711 g/mol. The highest BCUT2D eigenvalue weighted by Crippen LogP contribution is 2.36. The van der Waals surface area contributed by atoms with Crippen LogP contribution >= 0.6 is 0 Å². The number of nitrogens with one attached hydrogen (secondary N) is 2. The van der Waals surface area contributed by atoms with E-state index in [1.54, 1.807) is 42.5 Å². The van der Waals surface area contributed by atoms with E-state index in [-0.39, 0.29) is 53.8 Å².